The molecule has 4 heterocycles. The number of carbonyl (C=O) groups is 2. The molecule has 0 unspecified atom stereocenters. The van der Waals surface area contributed by atoms with E-state index >= 15 is 0 Å². The number of aromatic nitrogens is 2. The van der Waals surface area contributed by atoms with Crippen LogP contribution in [0.4, 0.5) is 5.82 Å². The molecule has 0 atom stereocenters. The third-order valence-electron chi connectivity index (χ3n) is 6.08. The van der Waals surface area contributed by atoms with Gasteiger partial charge in [-0.2, -0.15) is 0 Å². The second-order valence-electron chi connectivity index (χ2n) is 7.59. The largest absolute Gasteiger partial charge is 0.338 e. The molecule has 29 heavy (non-hydrogen) atoms. The van der Waals surface area contributed by atoms with Gasteiger partial charge in [0.2, 0.25) is 0 Å². The number of piperidine rings is 1. The van der Waals surface area contributed by atoms with Gasteiger partial charge in [0.1, 0.15) is 11.5 Å². The minimum atomic E-state index is -0.522. The van der Waals surface area contributed by atoms with Gasteiger partial charge in [0, 0.05) is 50.8 Å². The SMILES string of the molecule is CN1c2ncccc2C(=O)NC12CCN(C(=O)c1cccc3cccnc13)CC2. The summed E-state index contributed by atoms with van der Waals surface area (Å²) in [5.41, 5.74) is 1.40. The molecular formula is C22H21N5O2. The molecule has 0 radical (unpaired) electrons. The third kappa shape index (κ3) is 2.73. The molecule has 2 aromatic heterocycles. The minimum absolute atomic E-state index is 0.0209. The van der Waals surface area contributed by atoms with Crippen molar-refractivity contribution >= 4 is 28.5 Å². The van der Waals surface area contributed by atoms with E-state index in [0.29, 0.717) is 42.9 Å². The summed E-state index contributed by atoms with van der Waals surface area (Å²) in [5, 5.41) is 4.12. The van der Waals surface area contributed by atoms with E-state index in [1.165, 1.54) is 0 Å². The molecule has 0 bridgehead atoms. The molecule has 1 saturated heterocycles. The Morgan fingerprint density at radius 2 is 1.76 bits per heavy atom. The number of rotatable bonds is 1. The van der Waals surface area contributed by atoms with E-state index in [2.05, 4.69) is 15.3 Å². The first-order valence-electron chi connectivity index (χ1n) is 9.73. The molecule has 7 nitrogen and oxygen atoms in total. The van der Waals surface area contributed by atoms with Crippen LogP contribution in [0.15, 0.2) is 54.9 Å². The van der Waals surface area contributed by atoms with Crippen molar-refractivity contribution in [2.24, 2.45) is 0 Å². The van der Waals surface area contributed by atoms with E-state index in [0.717, 1.165) is 10.9 Å². The lowest BCUT2D eigenvalue weighted by atomic mass is 9.91. The van der Waals surface area contributed by atoms with Crippen molar-refractivity contribution in [1.82, 2.24) is 20.2 Å². The molecule has 1 N–H and O–H groups in total. The van der Waals surface area contributed by atoms with Gasteiger partial charge in [0.25, 0.3) is 11.8 Å². The monoisotopic (exact) mass is 387 g/mol. The van der Waals surface area contributed by atoms with Crippen molar-refractivity contribution in [3.8, 4) is 0 Å². The summed E-state index contributed by atoms with van der Waals surface area (Å²) in [6.07, 6.45) is 4.68. The van der Waals surface area contributed by atoms with E-state index in [1.54, 1.807) is 24.5 Å². The minimum Gasteiger partial charge on any atom is -0.338 e. The average Bonchev–Trinajstić information content (AvgIpc) is 2.77. The molecule has 7 heteroatoms. The summed E-state index contributed by atoms with van der Waals surface area (Å²) in [7, 11) is 1.96. The summed E-state index contributed by atoms with van der Waals surface area (Å²) < 4.78 is 0. The standard InChI is InChI=1S/C22H21N5O2/c1-26-19-17(8-4-12-24-19)20(28)25-22(26)9-13-27(14-10-22)21(29)16-7-2-5-15-6-3-11-23-18(15)16/h2-8,11-12H,9-10,13-14H2,1H3,(H,25,28). The first kappa shape index (κ1) is 17.6. The maximum Gasteiger partial charge on any atom is 0.256 e. The number of hydrogen-bond donors (Lipinski definition) is 1. The highest BCUT2D eigenvalue weighted by Crippen LogP contribution is 2.35. The highest BCUT2D eigenvalue weighted by Gasteiger charge is 2.45. The normalized spacial score (nSPS) is 17.9. The molecule has 1 aromatic carbocycles. The molecule has 5 rings (SSSR count). The Balaban J connectivity index is 1.39. The summed E-state index contributed by atoms with van der Waals surface area (Å²) in [4.78, 5) is 38.5. The van der Waals surface area contributed by atoms with Crippen LogP contribution in [0, 0.1) is 0 Å². The maximum absolute atomic E-state index is 13.2. The first-order chi connectivity index (χ1) is 14.1. The van der Waals surface area contributed by atoms with Crippen LogP contribution >= 0.6 is 0 Å². The Morgan fingerprint density at radius 3 is 2.59 bits per heavy atom. The van der Waals surface area contributed by atoms with E-state index in [-0.39, 0.29) is 11.8 Å². The van der Waals surface area contributed by atoms with Crippen molar-refractivity contribution in [2.75, 3.05) is 25.0 Å². The van der Waals surface area contributed by atoms with Crippen LogP contribution in [0.3, 0.4) is 0 Å². The Morgan fingerprint density at radius 1 is 1.03 bits per heavy atom. The highest BCUT2D eigenvalue weighted by molar-refractivity contribution is 6.05. The summed E-state index contributed by atoms with van der Waals surface area (Å²) in [6, 6.07) is 13.1. The van der Waals surface area contributed by atoms with E-state index < -0.39 is 5.66 Å². The van der Waals surface area contributed by atoms with Gasteiger partial charge in [-0.15, -0.1) is 0 Å². The van der Waals surface area contributed by atoms with Crippen LogP contribution in [0.1, 0.15) is 33.6 Å². The summed E-state index contributed by atoms with van der Waals surface area (Å²) in [6.45, 7) is 1.10. The lowest BCUT2D eigenvalue weighted by Crippen LogP contribution is -2.67. The van der Waals surface area contributed by atoms with Crippen molar-refractivity contribution in [2.45, 2.75) is 18.5 Å². The summed E-state index contributed by atoms with van der Waals surface area (Å²) >= 11 is 0. The predicted molar refractivity (Wildman–Crippen MR) is 110 cm³/mol. The highest BCUT2D eigenvalue weighted by atomic mass is 16.2. The van der Waals surface area contributed by atoms with Crippen LogP contribution < -0.4 is 10.2 Å². The van der Waals surface area contributed by atoms with Crippen LogP contribution in [0.5, 0.6) is 0 Å². The molecule has 1 spiro atoms. The molecule has 2 aliphatic heterocycles. The van der Waals surface area contributed by atoms with E-state index in [1.807, 2.05) is 47.2 Å². The third-order valence-corrected chi connectivity index (χ3v) is 6.08. The van der Waals surface area contributed by atoms with Crippen molar-refractivity contribution in [3.05, 3.63) is 66.0 Å². The van der Waals surface area contributed by atoms with Gasteiger partial charge in [-0.05, 0) is 24.3 Å². The van der Waals surface area contributed by atoms with Gasteiger partial charge >= 0.3 is 0 Å². The number of fused-ring (bicyclic) bond motifs is 2. The quantitative estimate of drug-likeness (QED) is 0.694. The van der Waals surface area contributed by atoms with Gasteiger partial charge < -0.3 is 15.1 Å². The molecule has 2 amide bonds. The number of nitrogens with one attached hydrogen (secondary N) is 1. The zero-order valence-corrected chi connectivity index (χ0v) is 16.1. The molecular weight excluding hydrogens is 366 g/mol. The zero-order chi connectivity index (χ0) is 20.0. The van der Waals surface area contributed by atoms with Gasteiger partial charge in [-0.1, -0.05) is 18.2 Å². The smallest absolute Gasteiger partial charge is 0.256 e. The second kappa shape index (κ2) is 6.55. The van der Waals surface area contributed by atoms with Crippen LogP contribution in [-0.2, 0) is 0 Å². The zero-order valence-electron chi connectivity index (χ0n) is 16.1. The Bertz CT molecular complexity index is 1120. The second-order valence-corrected chi connectivity index (χ2v) is 7.59. The number of para-hydroxylation sites is 1. The van der Waals surface area contributed by atoms with Gasteiger partial charge in [-0.3, -0.25) is 14.6 Å². The van der Waals surface area contributed by atoms with Crippen molar-refractivity contribution < 1.29 is 9.59 Å². The molecule has 0 saturated carbocycles. The predicted octanol–water partition coefficient (Wildman–Crippen LogP) is 2.44. The lowest BCUT2D eigenvalue weighted by molar-refractivity contribution is 0.0609. The molecule has 3 aromatic rings. The van der Waals surface area contributed by atoms with Gasteiger partial charge in [0.15, 0.2) is 0 Å². The number of carbonyl (C=O) groups excluding carboxylic acids is 2. The Hall–Kier alpha value is -3.48. The fraction of sp³-hybridized carbons (Fsp3) is 0.273. The lowest BCUT2D eigenvalue weighted by Gasteiger charge is -2.50. The van der Waals surface area contributed by atoms with Crippen LogP contribution in [0.25, 0.3) is 10.9 Å². The van der Waals surface area contributed by atoms with E-state index in [9.17, 15) is 9.59 Å². The number of likely N-dealkylation sites (tertiary alicyclic amines) is 1. The number of anilines is 1. The van der Waals surface area contributed by atoms with E-state index in [4.69, 9.17) is 0 Å². The number of hydrogen-bond acceptors (Lipinski definition) is 5. The molecule has 146 valence electrons. The maximum atomic E-state index is 13.2. The van der Waals surface area contributed by atoms with Gasteiger partial charge in [0.05, 0.1) is 16.6 Å². The van der Waals surface area contributed by atoms with Crippen molar-refractivity contribution in [1.29, 1.82) is 0 Å². The topological polar surface area (TPSA) is 78.4 Å². The Kier molecular flexibility index (Phi) is 3.97. The summed E-state index contributed by atoms with van der Waals surface area (Å²) in [5.74, 6) is 0.561. The molecule has 0 aliphatic carbocycles. The first-order valence-corrected chi connectivity index (χ1v) is 9.73. The molecule has 1 fully saturated rings. The van der Waals surface area contributed by atoms with Gasteiger partial charge in [-0.25, -0.2) is 4.98 Å². The van der Waals surface area contributed by atoms with Crippen LogP contribution in [0.2, 0.25) is 0 Å². The van der Waals surface area contributed by atoms with Crippen molar-refractivity contribution in [3.63, 3.8) is 0 Å². The number of amides is 2. The average molecular weight is 387 g/mol. The number of pyridine rings is 2. The van der Waals surface area contributed by atoms with Crippen LogP contribution in [-0.4, -0.2) is 52.5 Å². The fourth-order valence-electron chi connectivity index (χ4n) is 4.39. The number of benzene rings is 1. The fourth-order valence-corrected chi connectivity index (χ4v) is 4.39. The number of nitrogens with zero attached hydrogens (tertiary/aromatic N) is 4. The Labute approximate surface area is 168 Å². The molecule has 2 aliphatic rings.